The van der Waals surface area contributed by atoms with Crippen molar-refractivity contribution in [2.75, 3.05) is 0 Å². The Bertz CT molecular complexity index is 964. The second kappa shape index (κ2) is 6.34. The van der Waals surface area contributed by atoms with Gasteiger partial charge in [0.25, 0.3) is 0 Å². The lowest BCUT2D eigenvalue weighted by Crippen LogP contribution is -2.47. The molecule has 2 aromatic rings. The van der Waals surface area contributed by atoms with E-state index in [0.717, 1.165) is 18.2 Å². The third-order valence-corrected chi connectivity index (χ3v) is 4.16. The molecule has 0 aromatic heterocycles. The Morgan fingerprint density at radius 3 is 2.37 bits per heavy atom. The molecule has 9 heteroatoms. The summed E-state index contributed by atoms with van der Waals surface area (Å²) < 4.78 is 66.3. The molecule has 1 aliphatic heterocycles. The summed E-state index contributed by atoms with van der Waals surface area (Å²) in [6.45, 7) is 1.52. The summed E-state index contributed by atoms with van der Waals surface area (Å²) in [5.74, 6) is -1.46. The predicted molar refractivity (Wildman–Crippen MR) is 91.0 cm³/mol. The van der Waals surface area contributed by atoms with Gasteiger partial charge in [-0.1, -0.05) is 12.1 Å². The molecule has 1 atom stereocenters. The Hall–Kier alpha value is -2.94. The Labute approximate surface area is 151 Å². The highest BCUT2D eigenvalue weighted by molar-refractivity contribution is 5.93. The van der Waals surface area contributed by atoms with Gasteiger partial charge in [-0.2, -0.15) is 13.2 Å². The van der Waals surface area contributed by atoms with E-state index < -0.39 is 29.0 Å². The number of halogens is 5. The van der Waals surface area contributed by atoms with E-state index >= 15 is 0 Å². The number of nitrogens with two attached hydrogens (primary N) is 2. The van der Waals surface area contributed by atoms with Crippen LogP contribution in [0.3, 0.4) is 0 Å². The summed E-state index contributed by atoms with van der Waals surface area (Å²) in [6.07, 6.45) is -4.68. The van der Waals surface area contributed by atoms with Crippen molar-refractivity contribution in [1.29, 1.82) is 0 Å². The number of hydrogen-bond acceptors (Lipinski definition) is 4. The normalized spacial score (nSPS) is 20.3. The Morgan fingerprint density at radius 1 is 1.07 bits per heavy atom. The zero-order valence-corrected chi connectivity index (χ0v) is 14.0. The maximum atomic E-state index is 14.4. The topological polar surface area (TPSA) is 76.4 Å². The monoisotopic (exact) mass is 382 g/mol. The van der Waals surface area contributed by atoms with Gasteiger partial charge in [0.1, 0.15) is 17.5 Å². The number of rotatable bonds is 2. The van der Waals surface area contributed by atoms with Crippen LogP contribution >= 0.6 is 0 Å². The van der Waals surface area contributed by atoms with Crippen molar-refractivity contribution in [3.8, 4) is 0 Å². The number of benzene rings is 2. The molecule has 3 rings (SSSR count). The number of aliphatic imine (C=N–C) groups is 1. The van der Waals surface area contributed by atoms with Gasteiger partial charge in [-0.05, 0) is 37.3 Å². The van der Waals surface area contributed by atoms with Gasteiger partial charge < -0.3 is 11.1 Å². The van der Waals surface area contributed by atoms with Crippen LogP contribution in [-0.2, 0) is 11.8 Å². The van der Waals surface area contributed by atoms with Crippen molar-refractivity contribution in [3.05, 3.63) is 76.5 Å². The average molecular weight is 382 g/mol. The molecule has 0 amide bonds. The van der Waals surface area contributed by atoms with Crippen molar-refractivity contribution < 1.29 is 22.0 Å². The van der Waals surface area contributed by atoms with E-state index in [1.807, 2.05) is 0 Å². The van der Waals surface area contributed by atoms with Gasteiger partial charge >= 0.3 is 6.18 Å². The van der Waals surface area contributed by atoms with Crippen LogP contribution in [0.1, 0.15) is 23.6 Å². The van der Waals surface area contributed by atoms with Crippen molar-refractivity contribution in [2.45, 2.75) is 18.8 Å². The maximum Gasteiger partial charge on any atom is 0.416 e. The van der Waals surface area contributed by atoms with E-state index in [2.05, 4.69) is 10.3 Å². The Kier molecular flexibility index (Phi) is 4.43. The molecule has 4 nitrogen and oxygen atoms in total. The van der Waals surface area contributed by atoms with Gasteiger partial charge in [-0.25, -0.2) is 13.8 Å². The fourth-order valence-corrected chi connectivity index (χ4v) is 2.84. The van der Waals surface area contributed by atoms with Crippen molar-refractivity contribution in [1.82, 2.24) is 5.32 Å². The number of amidine groups is 1. The molecule has 0 aliphatic carbocycles. The summed E-state index contributed by atoms with van der Waals surface area (Å²) in [6, 6.07) is 7.33. The van der Waals surface area contributed by atoms with Gasteiger partial charge in [0.05, 0.1) is 17.0 Å². The lowest BCUT2D eigenvalue weighted by atomic mass is 9.92. The predicted octanol–water partition coefficient (Wildman–Crippen LogP) is 3.44. The molecule has 0 saturated carbocycles. The summed E-state index contributed by atoms with van der Waals surface area (Å²) in [4.78, 5) is 4.20. The van der Waals surface area contributed by atoms with Crippen molar-refractivity contribution >= 4 is 11.5 Å². The fourth-order valence-electron chi connectivity index (χ4n) is 2.84. The quantitative estimate of drug-likeness (QED) is 0.697. The van der Waals surface area contributed by atoms with Crippen LogP contribution in [0.4, 0.5) is 22.0 Å². The molecular formula is C18H15F5N4. The lowest BCUT2D eigenvalue weighted by molar-refractivity contribution is -0.137. The van der Waals surface area contributed by atoms with Crippen LogP contribution in [0, 0.1) is 11.6 Å². The molecule has 5 N–H and O–H groups in total. The van der Waals surface area contributed by atoms with E-state index in [-0.39, 0.29) is 28.4 Å². The third-order valence-electron chi connectivity index (χ3n) is 4.16. The van der Waals surface area contributed by atoms with Crippen LogP contribution < -0.4 is 16.8 Å². The van der Waals surface area contributed by atoms with E-state index in [9.17, 15) is 22.0 Å². The van der Waals surface area contributed by atoms with Gasteiger partial charge in [-0.15, -0.1) is 0 Å². The molecule has 0 saturated heterocycles. The fraction of sp³-hybridized carbons (Fsp3) is 0.167. The van der Waals surface area contributed by atoms with Crippen molar-refractivity contribution in [2.24, 2.45) is 16.5 Å². The first-order valence-corrected chi connectivity index (χ1v) is 7.78. The summed E-state index contributed by atoms with van der Waals surface area (Å²) >= 11 is 0. The molecule has 0 spiro atoms. The van der Waals surface area contributed by atoms with Crippen LogP contribution in [0.5, 0.6) is 0 Å². The van der Waals surface area contributed by atoms with Gasteiger partial charge in [0.15, 0.2) is 5.66 Å². The largest absolute Gasteiger partial charge is 0.416 e. The highest BCUT2D eigenvalue weighted by atomic mass is 19.4. The first kappa shape index (κ1) is 18.8. The van der Waals surface area contributed by atoms with Crippen LogP contribution in [0.2, 0.25) is 0 Å². The molecule has 0 radical (unpaired) electrons. The first-order valence-electron chi connectivity index (χ1n) is 7.78. The van der Waals surface area contributed by atoms with Crippen LogP contribution in [-0.4, -0.2) is 5.84 Å². The summed E-state index contributed by atoms with van der Waals surface area (Å²) in [7, 11) is 0. The van der Waals surface area contributed by atoms with Crippen molar-refractivity contribution in [3.63, 3.8) is 0 Å². The maximum absolute atomic E-state index is 14.4. The third kappa shape index (κ3) is 3.37. The summed E-state index contributed by atoms with van der Waals surface area (Å²) in [5, 5.41) is 2.73. The smallest absolute Gasteiger partial charge is 0.397 e. The lowest BCUT2D eigenvalue weighted by Gasteiger charge is -2.33. The average Bonchev–Trinajstić information content (AvgIpc) is 2.57. The molecule has 142 valence electrons. The van der Waals surface area contributed by atoms with E-state index in [4.69, 9.17) is 11.5 Å². The summed E-state index contributed by atoms with van der Waals surface area (Å²) in [5.41, 5.74) is 9.37. The second-order valence-electron chi connectivity index (χ2n) is 6.08. The highest BCUT2D eigenvalue weighted by Gasteiger charge is 2.37. The molecule has 0 fully saturated rings. The van der Waals surface area contributed by atoms with Gasteiger partial charge in [0.2, 0.25) is 0 Å². The Morgan fingerprint density at radius 2 is 1.78 bits per heavy atom. The molecule has 1 heterocycles. The molecule has 1 unspecified atom stereocenters. The van der Waals surface area contributed by atoms with Gasteiger partial charge in [-0.3, -0.25) is 5.73 Å². The first-order chi connectivity index (χ1) is 12.5. The van der Waals surface area contributed by atoms with Crippen LogP contribution in [0.15, 0.2) is 53.2 Å². The van der Waals surface area contributed by atoms with Gasteiger partial charge in [0, 0.05) is 11.1 Å². The number of alkyl halides is 3. The Balaban J connectivity index is 2.16. The molecular weight excluding hydrogens is 367 g/mol. The van der Waals surface area contributed by atoms with E-state index in [0.29, 0.717) is 6.07 Å². The molecule has 27 heavy (non-hydrogen) atoms. The highest BCUT2D eigenvalue weighted by Crippen LogP contribution is 2.36. The minimum Gasteiger partial charge on any atom is -0.397 e. The van der Waals surface area contributed by atoms with E-state index in [1.165, 1.54) is 25.1 Å². The zero-order chi connectivity index (χ0) is 20.0. The number of hydrogen-bond donors (Lipinski definition) is 3. The minimum atomic E-state index is -4.68. The second-order valence-corrected chi connectivity index (χ2v) is 6.08. The minimum absolute atomic E-state index is 0.0273. The molecule has 1 aliphatic rings. The van der Waals surface area contributed by atoms with E-state index in [1.54, 1.807) is 0 Å². The SMILES string of the molecule is CC1=NC(N)(c2cccc(F)c2)C(N)=C(c2ccc(C(F)(F)F)cc2F)N1. The standard InChI is InChI=1S/C18H15F5N4/c1-9-26-15(13-6-5-11(8-14(13)20)18(21,22)23)16(24)17(25,27-9)10-3-2-4-12(19)7-10/h2-8H,24-25H2,1H3,(H,26,27). The van der Waals surface area contributed by atoms with Crippen LogP contribution in [0.25, 0.3) is 5.70 Å². The molecule has 2 aromatic carbocycles. The number of nitrogens with one attached hydrogen (secondary N) is 1. The molecule has 0 bridgehead atoms. The zero-order valence-electron chi connectivity index (χ0n) is 14.0. The number of nitrogens with zero attached hydrogens (tertiary/aromatic N) is 1.